The first-order valence-electron chi connectivity index (χ1n) is 6.65. The summed E-state index contributed by atoms with van der Waals surface area (Å²) in [7, 11) is 0. The zero-order valence-electron chi connectivity index (χ0n) is 10.7. The number of hydrogen-bond acceptors (Lipinski definition) is 2. The van der Waals surface area contributed by atoms with Crippen molar-refractivity contribution < 1.29 is 0 Å². The van der Waals surface area contributed by atoms with E-state index in [-0.39, 0.29) is 0 Å². The van der Waals surface area contributed by atoms with Gasteiger partial charge in [0.05, 0.1) is 0 Å². The molecule has 1 heterocycles. The van der Waals surface area contributed by atoms with Crippen LogP contribution in [0.5, 0.6) is 0 Å². The molecule has 1 fully saturated rings. The predicted octanol–water partition coefficient (Wildman–Crippen LogP) is 2.54. The van der Waals surface area contributed by atoms with Crippen LogP contribution >= 0.6 is 0 Å². The molecule has 2 atom stereocenters. The van der Waals surface area contributed by atoms with Gasteiger partial charge in [0.2, 0.25) is 0 Å². The number of hydrogen-bond donors (Lipinski definition) is 2. The van der Waals surface area contributed by atoms with E-state index in [9.17, 15) is 0 Å². The molecule has 0 radical (unpaired) electrons. The zero-order chi connectivity index (χ0) is 11.1. The minimum Gasteiger partial charge on any atom is -0.314 e. The highest BCUT2D eigenvalue weighted by Crippen LogP contribution is 2.10. The lowest BCUT2D eigenvalue weighted by atomic mass is 10.0. The first kappa shape index (κ1) is 13.0. The summed E-state index contributed by atoms with van der Waals surface area (Å²) >= 11 is 0. The third kappa shape index (κ3) is 6.16. The number of rotatable bonds is 6. The number of piperidine rings is 1. The third-order valence-electron chi connectivity index (χ3n) is 3.22. The van der Waals surface area contributed by atoms with Gasteiger partial charge in [0.25, 0.3) is 0 Å². The normalized spacial score (nSPS) is 24.4. The lowest BCUT2D eigenvalue weighted by Crippen LogP contribution is -2.38. The molecule has 2 N–H and O–H groups in total. The topological polar surface area (TPSA) is 24.1 Å². The van der Waals surface area contributed by atoms with Crippen LogP contribution in [0.1, 0.15) is 52.9 Å². The summed E-state index contributed by atoms with van der Waals surface area (Å²) in [5.74, 6) is 0.806. The Hall–Kier alpha value is -0.0800. The Labute approximate surface area is 95.2 Å². The van der Waals surface area contributed by atoms with E-state index in [4.69, 9.17) is 0 Å². The summed E-state index contributed by atoms with van der Waals surface area (Å²) in [6.45, 7) is 9.29. The van der Waals surface area contributed by atoms with Gasteiger partial charge >= 0.3 is 0 Å². The van der Waals surface area contributed by atoms with Crippen molar-refractivity contribution in [3.8, 4) is 0 Å². The minimum atomic E-state index is 0.675. The summed E-state index contributed by atoms with van der Waals surface area (Å²) < 4.78 is 0. The molecule has 0 aromatic carbocycles. The Morgan fingerprint density at radius 1 is 1.27 bits per heavy atom. The second-order valence-electron chi connectivity index (χ2n) is 5.42. The SMILES string of the molecule is CC(C)CC(C)NCCC1CCCCN1. The minimum absolute atomic E-state index is 0.675. The van der Waals surface area contributed by atoms with E-state index in [0.717, 1.165) is 12.0 Å². The monoisotopic (exact) mass is 212 g/mol. The summed E-state index contributed by atoms with van der Waals surface area (Å²) in [6, 6.07) is 1.45. The lowest BCUT2D eigenvalue weighted by Gasteiger charge is -2.24. The molecule has 0 aliphatic carbocycles. The Kier molecular flexibility index (Phi) is 6.26. The number of nitrogens with one attached hydrogen (secondary N) is 2. The van der Waals surface area contributed by atoms with E-state index >= 15 is 0 Å². The van der Waals surface area contributed by atoms with E-state index < -0.39 is 0 Å². The van der Waals surface area contributed by atoms with Crippen molar-refractivity contribution in [1.29, 1.82) is 0 Å². The summed E-state index contributed by atoms with van der Waals surface area (Å²) in [5.41, 5.74) is 0. The molecule has 2 unspecified atom stereocenters. The van der Waals surface area contributed by atoms with Crippen molar-refractivity contribution in [1.82, 2.24) is 10.6 Å². The maximum Gasteiger partial charge on any atom is 0.00791 e. The van der Waals surface area contributed by atoms with Gasteiger partial charge in [-0.3, -0.25) is 0 Å². The van der Waals surface area contributed by atoms with E-state index in [0.29, 0.717) is 6.04 Å². The van der Waals surface area contributed by atoms with Crippen molar-refractivity contribution in [3.05, 3.63) is 0 Å². The molecule has 0 bridgehead atoms. The highest BCUT2D eigenvalue weighted by molar-refractivity contribution is 4.73. The van der Waals surface area contributed by atoms with Gasteiger partial charge in [0.1, 0.15) is 0 Å². The smallest absolute Gasteiger partial charge is 0.00791 e. The molecule has 1 aliphatic heterocycles. The van der Waals surface area contributed by atoms with E-state index in [2.05, 4.69) is 31.4 Å². The van der Waals surface area contributed by atoms with Crippen LogP contribution in [0.15, 0.2) is 0 Å². The maximum atomic E-state index is 3.62. The van der Waals surface area contributed by atoms with Gasteiger partial charge in [-0.05, 0) is 51.6 Å². The third-order valence-corrected chi connectivity index (χ3v) is 3.22. The average Bonchev–Trinajstić information content (AvgIpc) is 2.18. The van der Waals surface area contributed by atoms with Gasteiger partial charge in [0, 0.05) is 12.1 Å². The highest BCUT2D eigenvalue weighted by atomic mass is 14.9. The van der Waals surface area contributed by atoms with Gasteiger partial charge < -0.3 is 10.6 Å². The molecule has 0 spiro atoms. The quantitative estimate of drug-likeness (QED) is 0.707. The van der Waals surface area contributed by atoms with Crippen LogP contribution in [0.3, 0.4) is 0 Å². The van der Waals surface area contributed by atoms with Crippen molar-refractivity contribution in [3.63, 3.8) is 0 Å². The molecule has 0 saturated carbocycles. The van der Waals surface area contributed by atoms with Crippen LogP contribution in [0, 0.1) is 5.92 Å². The fourth-order valence-electron chi connectivity index (χ4n) is 2.46. The van der Waals surface area contributed by atoms with Gasteiger partial charge in [-0.15, -0.1) is 0 Å². The Balaban J connectivity index is 1.99. The maximum absolute atomic E-state index is 3.62. The molecule has 2 nitrogen and oxygen atoms in total. The van der Waals surface area contributed by atoms with Crippen molar-refractivity contribution in [2.75, 3.05) is 13.1 Å². The van der Waals surface area contributed by atoms with Crippen molar-refractivity contribution in [2.24, 2.45) is 5.92 Å². The largest absolute Gasteiger partial charge is 0.314 e. The standard InChI is InChI=1S/C13H28N2/c1-11(2)10-12(3)14-9-7-13-6-4-5-8-15-13/h11-15H,4-10H2,1-3H3. The van der Waals surface area contributed by atoms with E-state index in [1.807, 2.05) is 0 Å². The van der Waals surface area contributed by atoms with Crippen LogP contribution in [0.2, 0.25) is 0 Å². The van der Waals surface area contributed by atoms with Crippen molar-refractivity contribution >= 4 is 0 Å². The Morgan fingerprint density at radius 2 is 2.07 bits per heavy atom. The predicted molar refractivity (Wildman–Crippen MR) is 67.2 cm³/mol. The molecule has 0 amide bonds. The van der Waals surface area contributed by atoms with Crippen LogP contribution in [0.4, 0.5) is 0 Å². The first-order chi connectivity index (χ1) is 7.18. The zero-order valence-corrected chi connectivity index (χ0v) is 10.7. The van der Waals surface area contributed by atoms with E-state index in [1.165, 1.54) is 45.2 Å². The van der Waals surface area contributed by atoms with Crippen LogP contribution in [0.25, 0.3) is 0 Å². The molecule has 15 heavy (non-hydrogen) atoms. The second kappa shape index (κ2) is 7.24. The summed E-state index contributed by atoms with van der Waals surface area (Å²) in [4.78, 5) is 0. The van der Waals surface area contributed by atoms with Crippen molar-refractivity contribution in [2.45, 2.75) is 65.0 Å². The lowest BCUT2D eigenvalue weighted by molar-refractivity contribution is 0.361. The van der Waals surface area contributed by atoms with Gasteiger partial charge in [-0.1, -0.05) is 20.3 Å². The molecule has 1 rings (SSSR count). The molecule has 2 heteroatoms. The fourth-order valence-corrected chi connectivity index (χ4v) is 2.46. The van der Waals surface area contributed by atoms with Crippen LogP contribution in [-0.4, -0.2) is 25.2 Å². The Bertz CT molecular complexity index is 151. The first-order valence-corrected chi connectivity index (χ1v) is 6.65. The van der Waals surface area contributed by atoms with Gasteiger partial charge in [-0.2, -0.15) is 0 Å². The molecule has 0 aromatic heterocycles. The molecular formula is C13H28N2. The highest BCUT2D eigenvalue weighted by Gasteiger charge is 2.12. The second-order valence-corrected chi connectivity index (χ2v) is 5.42. The summed E-state index contributed by atoms with van der Waals surface area (Å²) in [6.07, 6.45) is 6.74. The molecule has 1 aliphatic rings. The average molecular weight is 212 g/mol. The summed E-state index contributed by atoms with van der Waals surface area (Å²) in [5, 5.41) is 7.21. The fraction of sp³-hybridized carbons (Fsp3) is 1.00. The van der Waals surface area contributed by atoms with E-state index in [1.54, 1.807) is 0 Å². The van der Waals surface area contributed by atoms with Gasteiger partial charge in [0.15, 0.2) is 0 Å². The molecule has 0 aromatic rings. The van der Waals surface area contributed by atoms with Gasteiger partial charge in [-0.25, -0.2) is 0 Å². The molecule has 1 saturated heterocycles. The Morgan fingerprint density at radius 3 is 2.67 bits per heavy atom. The van der Waals surface area contributed by atoms with Crippen LogP contribution < -0.4 is 10.6 Å². The molecule has 90 valence electrons. The van der Waals surface area contributed by atoms with Crippen LogP contribution in [-0.2, 0) is 0 Å². The molecular weight excluding hydrogens is 184 g/mol.